The number of hydrogen-bond donors (Lipinski definition) is 4. The molecule has 0 aromatic heterocycles. The average Bonchev–Trinajstić information content (AvgIpc) is 3.36. The first-order chi connectivity index (χ1) is 18.8. The molecule has 1 heterocycles. The molecule has 1 atom stereocenters. The number of rotatable bonds is 7. The number of nitrogens with one attached hydrogen (secondary N) is 2. The number of nitrogens with two attached hydrogens (primary N) is 2. The van der Waals surface area contributed by atoms with Gasteiger partial charge in [0, 0.05) is 18.2 Å². The lowest BCUT2D eigenvalue weighted by molar-refractivity contribution is 0.357. The molecule has 0 saturated carbocycles. The van der Waals surface area contributed by atoms with Crippen LogP contribution < -0.4 is 16.8 Å². The van der Waals surface area contributed by atoms with E-state index in [1.54, 1.807) is 6.08 Å². The molecule has 1 aliphatic rings. The highest BCUT2D eigenvalue weighted by Crippen LogP contribution is 2.14. The van der Waals surface area contributed by atoms with Crippen molar-refractivity contribution >= 4 is 5.71 Å². The van der Waals surface area contributed by atoms with Crippen LogP contribution in [0.15, 0.2) is 104 Å². The fraction of sp³-hybridized carbons (Fsp3) is 0.324. The quantitative estimate of drug-likeness (QED) is 0.166. The van der Waals surface area contributed by atoms with E-state index < -0.39 is 0 Å². The normalized spacial score (nSPS) is 14.1. The van der Waals surface area contributed by atoms with Crippen molar-refractivity contribution in [3.8, 4) is 0 Å². The summed E-state index contributed by atoms with van der Waals surface area (Å²) in [6.07, 6.45) is 7.64. The van der Waals surface area contributed by atoms with Gasteiger partial charge in [0.2, 0.25) is 0 Å². The minimum atomic E-state index is -0.384. The van der Waals surface area contributed by atoms with Crippen molar-refractivity contribution in [2.24, 2.45) is 11.5 Å². The highest BCUT2D eigenvalue weighted by Gasteiger charge is 2.16. The predicted octanol–water partition coefficient (Wildman–Crippen LogP) is 6.23. The van der Waals surface area contributed by atoms with Crippen molar-refractivity contribution in [1.29, 1.82) is 5.41 Å². The highest BCUT2D eigenvalue weighted by molar-refractivity contribution is 6.00. The number of nitrogens with zero attached hydrogens (tertiary/aromatic N) is 1. The first-order valence-corrected chi connectivity index (χ1v) is 13.6. The summed E-state index contributed by atoms with van der Waals surface area (Å²) in [4.78, 5) is 2.34. The standard InChI is InChI=1S/C14H16N2.C11H13N.C7H13N.C2H7N/c15-14(16)13-8-6-12(7-9-13)10-11-4-2-1-3-5-11;1-3-6-11(12)10-8-5-4-7-9(10)2;1-3-7-5-4-6-8(7)2;1-3-2/h1-9,14H,10,15-16H2;3-5,7-8,12H,1,6H2,2H3;3,7H,1,4-6H2,2H3;3H,1-2H3. The van der Waals surface area contributed by atoms with Crippen molar-refractivity contribution in [3.63, 3.8) is 0 Å². The Morgan fingerprint density at radius 3 is 2.00 bits per heavy atom. The molecule has 0 spiro atoms. The predicted molar refractivity (Wildman–Crippen MR) is 170 cm³/mol. The Balaban J connectivity index is 0.000000292. The summed E-state index contributed by atoms with van der Waals surface area (Å²) in [5.41, 5.74) is 17.6. The second kappa shape index (κ2) is 19.7. The fourth-order valence-corrected chi connectivity index (χ4v) is 4.09. The molecule has 0 aliphatic carbocycles. The van der Waals surface area contributed by atoms with Crippen LogP contribution in [0.25, 0.3) is 0 Å². The minimum Gasteiger partial charge on any atom is -0.323 e. The summed E-state index contributed by atoms with van der Waals surface area (Å²) in [6.45, 7) is 10.6. The van der Waals surface area contributed by atoms with E-state index in [4.69, 9.17) is 16.9 Å². The third-order valence-corrected chi connectivity index (χ3v) is 6.28. The zero-order valence-corrected chi connectivity index (χ0v) is 24.4. The Bertz CT molecular complexity index is 1090. The zero-order chi connectivity index (χ0) is 29.0. The summed E-state index contributed by atoms with van der Waals surface area (Å²) in [6, 6.07) is 27.1. The molecule has 4 rings (SSSR count). The number of likely N-dealkylation sites (N-methyl/N-ethyl adjacent to an activating group) is 1. The van der Waals surface area contributed by atoms with Gasteiger partial charge in [0.25, 0.3) is 0 Å². The molecule has 3 aromatic carbocycles. The van der Waals surface area contributed by atoms with Gasteiger partial charge in [0.1, 0.15) is 0 Å². The van der Waals surface area contributed by atoms with Crippen LogP contribution in [0.3, 0.4) is 0 Å². The third kappa shape index (κ3) is 13.3. The first kappa shape index (κ1) is 33.7. The summed E-state index contributed by atoms with van der Waals surface area (Å²) in [5.74, 6) is 0. The lowest BCUT2D eigenvalue weighted by Gasteiger charge is -2.13. The van der Waals surface area contributed by atoms with Gasteiger partial charge in [-0.2, -0.15) is 0 Å². The number of hydrogen-bond acceptors (Lipinski definition) is 5. The molecule has 0 bridgehead atoms. The van der Waals surface area contributed by atoms with Gasteiger partial charge >= 0.3 is 0 Å². The van der Waals surface area contributed by atoms with E-state index in [2.05, 4.69) is 66.8 Å². The second-order valence-electron chi connectivity index (χ2n) is 9.64. The lowest BCUT2D eigenvalue weighted by Crippen LogP contribution is -2.21. The second-order valence-corrected chi connectivity index (χ2v) is 9.64. The molecule has 5 nitrogen and oxygen atoms in total. The number of aryl methyl sites for hydroxylation is 1. The molecule has 6 N–H and O–H groups in total. The molecule has 1 saturated heterocycles. The van der Waals surface area contributed by atoms with E-state index in [0.717, 1.165) is 23.1 Å². The van der Waals surface area contributed by atoms with E-state index in [9.17, 15) is 0 Å². The summed E-state index contributed by atoms with van der Waals surface area (Å²) >= 11 is 0. The van der Waals surface area contributed by atoms with Crippen LogP contribution in [-0.2, 0) is 6.42 Å². The van der Waals surface area contributed by atoms with Crippen molar-refractivity contribution in [2.75, 3.05) is 27.7 Å². The maximum absolute atomic E-state index is 7.70. The van der Waals surface area contributed by atoms with Crippen molar-refractivity contribution < 1.29 is 0 Å². The monoisotopic (exact) mass is 527 g/mol. The Hall–Kier alpha value is -3.35. The Morgan fingerprint density at radius 2 is 1.54 bits per heavy atom. The molecular weight excluding hydrogens is 478 g/mol. The number of likely N-dealkylation sites (tertiary alicyclic amines) is 1. The SMILES string of the molecule is C=CC1CCCN1C.C=CCC(=N)c1ccccc1C.CNC.NC(N)c1ccc(Cc2ccccc2)cc1. The Labute approximate surface area is 237 Å². The van der Waals surface area contributed by atoms with Gasteiger partial charge in [-0.15, -0.1) is 13.2 Å². The van der Waals surface area contributed by atoms with E-state index in [1.807, 2.05) is 69.6 Å². The van der Waals surface area contributed by atoms with Crippen LogP contribution in [-0.4, -0.2) is 44.3 Å². The largest absolute Gasteiger partial charge is 0.323 e. The fourth-order valence-electron chi connectivity index (χ4n) is 4.09. The van der Waals surface area contributed by atoms with Crippen LogP contribution in [0.5, 0.6) is 0 Å². The van der Waals surface area contributed by atoms with Crippen LogP contribution >= 0.6 is 0 Å². The molecule has 0 amide bonds. The van der Waals surface area contributed by atoms with Crippen LogP contribution in [0.2, 0.25) is 0 Å². The molecule has 210 valence electrons. The van der Waals surface area contributed by atoms with Gasteiger partial charge in [-0.05, 0) is 81.7 Å². The van der Waals surface area contributed by atoms with E-state index in [-0.39, 0.29) is 6.17 Å². The van der Waals surface area contributed by atoms with Gasteiger partial charge in [0.15, 0.2) is 0 Å². The molecule has 39 heavy (non-hydrogen) atoms. The summed E-state index contributed by atoms with van der Waals surface area (Å²) in [7, 11) is 5.90. The average molecular weight is 528 g/mol. The molecule has 3 aromatic rings. The van der Waals surface area contributed by atoms with E-state index in [1.165, 1.54) is 30.5 Å². The number of allylic oxidation sites excluding steroid dienone is 1. The Morgan fingerprint density at radius 1 is 0.974 bits per heavy atom. The number of benzene rings is 3. The molecule has 5 heteroatoms. The minimum absolute atomic E-state index is 0.384. The molecule has 1 aliphatic heterocycles. The van der Waals surface area contributed by atoms with Crippen molar-refractivity contribution in [2.45, 2.75) is 44.8 Å². The molecule has 1 fully saturated rings. The maximum Gasteiger partial charge on any atom is 0.0784 e. The van der Waals surface area contributed by atoms with Crippen molar-refractivity contribution in [3.05, 3.63) is 132 Å². The molecular formula is C34H49N5. The summed E-state index contributed by atoms with van der Waals surface area (Å²) < 4.78 is 0. The van der Waals surface area contributed by atoms with Gasteiger partial charge in [0.05, 0.1) is 6.17 Å². The zero-order valence-electron chi connectivity index (χ0n) is 24.4. The van der Waals surface area contributed by atoms with E-state index >= 15 is 0 Å². The lowest BCUT2D eigenvalue weighted by atomic mass is 10.0. The van der Waals surface area contributed by atoms with Gasteiger partial charge < -0.3 is 22.2 Å². The van der Waals surface area contributed by atoms with E-state index in [0.29, 0.717) is 18.2 Å². The van der Waals surface area contributed by atoms with Crippen molar-refractivity contribution in [1.82, 2.24) is 10.2 Å². The van der Waals surface area contributed by atoms with Crippen LogP contribution in [0.1, 0.15) is 53.2 Å². The molecule has 0 radical (unpaired) electrons. The maximum atomic E-state index is 7.70. The first-order valence-electron chi connectivity index (χ1n) is 13.6. The smallest absolute Gasteiger partial charge is 0.0784 e. The Kier molecular flexibility index (Phi) is 17.0. The topological polar surface area (TPSA) is 91.2 Å². The van der Waals surface area contributed by atoms with Gasteiger partial charge in [-0.3, -0.25) is 4.90 Å². The van der Waals surface area contributed by atoms with Gasteiger partial charge in [-0.1, -0.05) is 91.0 Å². The molecule has 1 unspecified atom stereocenters. The summed E-state index contributed by atoms with van der Waals surface area (Å²) in [5, 5.41) is 10.4. The van der Waals surface area contributed by atoms with Gasteiger partial charge in [-0.25, -0.2) is 0 Å². The van der Waals surface area contributed by atoms with Crippen LogP contribution in [0, 0.1) is 12.3 Å². The van der Waals surface area contributed by atoms with Crippen LogP contribution in [0.4, 0.5) is 0 Å². The third-order valence-electron chi connectivity index (χ3n) is 6.28. The highest BCUT2D eigenvalue weighted by atomic mass is 15.1.